The third kappa shape index (κ3) is 3.19. The Bertz CT molecular complexity index is 584. The zero-order valence-electron chi connectivity index (χ0n) is 12.0. The highest BCUT2D eigenvalue weighted by Crippen LogP contribution is 2.26. The average molecular weight is 301 g/mol. The molecular formula is C14H20FNO3S. The van der Waals surface area contributed by atoms with Crippen molar-refractivity contribution < 1.29 is 17.5 Å². The van der Waals surface area contributed by atoms with Gasteiger partial charge in [-0.3, -0.25) is 0 Å². The maximum atomic E-state index is 13.3. The minimum atomic E-state index is -3.67. The van der Waals surface area contributed by atoms with Crippen LogP contribution in [0.3, 0.4) is 0 Å². The van der Waals surface area contributed by atoms with Crippen molar-refractivity contribution >= 4 is 10.0 Å². The minimum absolute atomic E-state index is 0.173. The summed E-state index contributed by atoms with van der Waals surface area (Å²) in [6.07, 6.45) is 1.26. The maximum absolute atomic E-state index is 13.3. The SMILES string of the molecule is Cc1cc(F)cc(C)c1S(=O)(=O)NC1(C)CCOCC1. The molecule has 1 N–H and O–H groups in total. The van der Waals surface area contributed by atoms with E-state index in [1.54, 1.807) is 13.8 Å². The molecule has 0 atom stereocenters. The molecule has 1 aromatic carbocycles. The van der Waals surface area contributed by atoms with Crippen molar-refractivity contribution in [2.24, 2.45) is 0 Å². The first-order valence-corrected chi connectivity index (χ1v) is 8.10. The van der Waals surface area contributed by atoms with Crippen LogP contribution in [0.5, 0.6) is 0 Å². The summed E-state index contributed by atoms with van der Waals surface area (Å²) >= 11 is 0. The first-order chi connectivity index (χ1) is 9.23. The number of hydrogen-bond donors (Lipinski definition) is 1. The molecule has 20 heavy (non-hydrogen) atoms. The Morgan fingerprint density at radius 2 is 1.70 bits per heavy atom. The summed E-state index contributed by atoms with van der Waals surface area (Å²) in [4.78, 5) is 0.173. The van der Waals surface area contributed by atoms with Crippen LogP contribution in [0.1, 0.15) is 30.9 Å². The van der Waals surface area contributed by atoms with Crippen molar-refractivity contribution in [3.63, 3.8) is 0 Å². The van der Waals surface area contributed by atoms with Gasteiger partial charge in [-0.15, -0.1) is 0 Å². The van der Waals surface area contributed by atoms with Gasteiger partial charge in [0.1, 0.15) is 5.82 Å². The first kappa shape index (κ1) is 15.4. The molecule has 1 aliphatic rings. The number of nitrogens with one attached hydrogen (secondary N) is 1. The van der Waals surface area contributed by atoms with Crippen LogP contribution in [0.15, 0.2) is 17.0 Å². The number of aryl methyl sites for hydroxylation is 2. The Morgan fingerprint density at radius 3 is 2.20 bits per heavy atom. The Hall–Kier alpha value is -0.980. The molecule has 0 saturated carbocycles. The van der Waals surface area contributed by atoms with Gasteiger partial charge < -0.3 is 4.74 Å². The molecule has 1 aromatic rings. The van der Waals surface area contributed by atoms with Gasteiger partial charge in [-0.05, 0) is 56.9 Å². The fraction of sp³-hybridized carbons (Fsp3) is 0.571. The van der Waals surface area contributed by atoms with Gasteiger partial charge in [-0.1, -0.05) is 0 Å². The molecule has 0 aromatic heterocycles. The molecule has 0 unspecified atom stereocenters. The second kappa shape index (κ2) is 5.42. The van der Waals surface area contributed by atoms with Crippen LogP contribution in [-0.4, -0.2) is 27.2 Å². The lowest BCUT2D eigenvalue weighted by Crippen LogP contribution is -2.49. The molecule has 1 saturated heterocycles. The van der Waals surface area contributed by atoms with Gasteiger partial charge in [0.2, 0.25) is 10.0 Å². The van der Waals surface area contributed by atoms with Crippen LogP contribution in [0.25, 0.3) is 0 Å². The highest BCUT2D eigenvalue weighted by molar-refractivity contribution is 7.89. The van der Waals surface area contributed by atoms with Crippen LogP contribution in [0.4, 0.5) is 4.39 Å². The molecule has 0 radical (unpaired) electrons. The van der Waals surface area contributed by atoms with Gasteiger partial charge in [-0.25, -0.2) is 17.5 Å². The third-order valence-corrected chi connectivity index (χ3v) is 5.61. The van der Waals surface area contributed by atoms with Crippen molar-refractivity contribution in [2.75, 3.05) is 13.2 Å². The monoisotopic (exact) mass is 301 g/mol. The van der Waals surface area contributed by atoms with Crippen molar-refractivity contribution in [2.45, 2.75) is 44.0 Å². The lowest BCUT2D eigenvalue weighted by molar-refractivity contribution is 0.0537. The van der Waals surface area contributed by atoms with E-state index in [0.29, 0.717) is 37.2 Å². The highest BCUT2D eigenvalue weighted by Gasteiger charge is 2.33. The fourth-order valence-corrected chi connectivity index (χ4v) is 4.54. The predicted octanol–water partition coefficient (Wildman–Crippen LogP) is 2.29. The van der Waals surface area contributed by atoms with E-state index in [2.05, 4.69) is 4.72 Å². The Morgan fingerprint density at radius 1 is 1.20 bits per heavy atom. The molecule has 0 bridgehead atoms. The van der Waals surface area contributed by atoms with Gasteiger partial charge in [0.15, 0.2) is 0 Å². The minimum Gasteiger partial charge on any atom is -0.381 e. The standard InChI is InChI=1S/C14H20FNO3S/c1-10-8-12(15)9-11(2)13(10)20(17,18)16-14(3)4-6-19-7-5-14/h8-9,16H,4-7H2,1-3H3. The predicted molar refractivity (Wildman–Crippen MR) is 74.7 cm³/mol. The van der Waals surface area contributed by atoms with E-state index < -0.39 is 21.4 Å². The van der Waals surface area contributed by atoms with E-state index in [-0.39, 0.29) is 4.90 Å². The van der Waals surface area contributed by atoms with Crippen molar-refractivity contribution in [1.29, 1.82) is 0 Å². The fourth-order valence-electron chi connectivity index (χ4n) is 2.62. The zero-order chi connectivity index (χ0) is 15.0. The molecule has 2 rings (SSSR count). The highest BCUT2D eigenvalue weighted by atomic mass is 32.2. The van der Waals surface area contributed by atoms with Gasteiger partial charge in [0, 0.05) is 18.8 Å². The molecule has 0 spiro atoms. The Labute approximate surface area is 119 Å². The second-order valence-corrected chi connectivity index (χ2v) is 7.27. The van der Waals surface area contributed by atoms with E-state index in [9.17, 15) is 12.8 Å². The topological polar surface area (TPSA) is 55.4 Å². The van der Waals surface area contributed by atoms with Gasteiger partial charge in [0.25, 0.3) is 0 Å². The molecular weight excluding hydrogens is 281 g/mol. The number of ether oxygens (including phenoxy) is 1. The molecule has 0 aliphatic carbocycles. The lowest BCUT2D eigenvalue weighted by atomic mass is 9.94. The summed E-state index contributed by atoms with van der Waals surface area (Å²) in [6.45, 7) is 6.18. The quantitative estimate of drug-likeness (QED) is 0.932. The third-order valence-electron chi connectivity index (χ3n) is 3.67. The van der Waals surface area contributed by atoms with E-state index in [1.807, 2.05) is 6.92 Å². The van der Waals surface area contributed by atoms with Crippen molar-refractivity contribution in [1.82, 2.24) is 4.72 Å². The zero-order valence-corrected chi connectivity index (χ0v) is 12.8. The summed E-state index contributed by atoms with van der Waals surface area (Å²) in [7, 11) is -3.67. The van der Waals surface area contributed by atoms with Crippen molar-refractivity contribution in [3.8, 4) is 0 Å². The largest absolute Gasteiger partial charge is 0.381 e. The van der Waals surface area contributed by atoms with Crippen LogP contribution in [0, 0.1) is 19.7 Å². The normalized spacial score (nSPS) is 19.0. The molecule has 1 heterocycles. The molecule has 0 amide bonds. The summed E-state index contributed by atoms with van der Waals surface area (Å²) in [5.41, 5.74) is 0.334. The molecule has 1 fully saturated rings. The lowest BCUT2D eigenvalue weighted by Gasteiger charge is -2.34. The van der Waals surface area contributed by atoms with Gasteiger partial charge in [-0.2, -0.15) is 0 Å². The van der Waals surface area contributed by atoms with Crippen LogP contribution in [-0.2, 0) is 14.8 Å². The Balaban J connectivity index is 2.36. The van der Waals surface area contributed by atoms with Gasteiger partial charge in [0.05, 0.1) is 4.90 Å². The average Bonchev–Trinajstić information content (AvgIpc) is 2.25. The summed E-state index contributed by atoms with van der Waals surface area (Å²) in [6, 6.07) is 2.49. The van der Waals surface area contributed by atoms with Crippen LogP contribution >= 0.6 is 0 Å². The summed E-state index contributed by atoms with van der Waals surface area (Å²) in [5.74, 6) is -0.420. The number of sulfonamides is 1. The molecule has 4 nitrogen and oxygen atoms in total. The summed E-state index contributed by atoms with van der Waals surface area (Å²) < 4.78 is 46.5. The molecule has 112 valence electrons. The Kier molecular flexibility index (Phi) is 4.18. The van der Waals surface area contributed by atoms with E-state index in [1.165, 1.54) is 12.1 Å². The molecule has 6 heteroatoms. The molecule has 1 aliphatic heterocycles. The van der Waals surface area contributed by atoms with Crippen LogP contribution in [0.2, 0.25) is 0 Å². The number of benzene rings is 1. The number of halogens is 1. The van der Waals surface area contributed by atoms with E-state index in [4.69, 9.17) is 4.74 Å². The van der Waals surface area contributed by atoms with Gasteiger partial charge >= 0.3 is 0 Å². The van der Waals surface area contributed by atoms with Crippen LogP contribution < -0.4 is 4.72 Å². The van der Waals surface area contributed by atoms with Crippen molar-refractivity contribution in [3.05, 3.63) is 29.1 Å². The maximum Gasteiger partial charge on any atom is 0.241 e. The second-order valence-electron chi connectivity index (χ2n) is 5.65. The van der Waals surface area contributed by atoms with E-state index in [0.717, 1.165) is 0 Å². The van der Waals surface area contributed by atoms with E-state index >= 15 is 0 Å². The summed E-state index contributed by atoms with van der Waals surface area (Å²) in [5, 5.41) is 0. The smallest absolute Gasteiger partial charge is 0.241 e. The first-order valence-electron chi connectivity index (χ1n) is 6.62. The number of rotatable bonds is 3. The number of hydrogen-bond acceptors (Lipinski definition) is 3.